The molecule has 4 nitrogen and oxygen atoms in total. The summed E-state index contributed by atoms with van der Waals surface area (Å²) in [5.74, 6) is 0. The lowest BCUT2D eigenvalue weighted by atomic mass is 9.70. The summed E-state index contributed by atoms with van der Waals surface area (Å²) in [6, 6.07) is 111. The van der Waals surface area contributed by atoms with Crippen molar-refractivity contribution in [3.05, 3.63) is 341 Å². The Labute approximate surface area is 584 Å². The van der Waals surface area contributed by atoms with Crippen LogP contribution in [0, 0.1) is 11.3 Å². The van der Waals surface area contributed by atoms with Crippen LogP contribution in [0.15, 0.2) is 291 Å². The molecule has 3 aliphatic heterocycles. The van der Waals surface area contributed by atoms with E-state index in [-0.39, 0.29) is 0 Å². The molecule has 0 N–H and O–H groups in total. The van der Waals surface area contributed by atoms with Crippen molar-refractivity contribution in [2.24, 2.45) is 0 Å². The van der Waals surface area contributed by atoms with Crippen molar-refractivity contribution in [2.45, 2.75) is 103 Å². The van der Waals surface area contributed by atoms with Crippen LogP contribution in [0.5, 0.6) is 0 Å². The van der Waals surface area contributed by atoms with E-state index in [1.54, 1.807) is 0 Å². The molecule has 99 heavy (non-hydrogen) atoms. The number of hydrogen-bond donors (Lipinski definition) is 0. The van der Waals surface area contributed by atoms with Crippen LogP contribution in [0.2, 0.25) is 0 Å². The maximum absolute atomic E-state index is 13.6. The number of rotatable bonds is 9. The van der Waals surface area contributed by atoms with Gasteiger partial charge in [-0.2, -0.15) is 5.26 Å². The molecule has 13 aromatic rings. The van der Waals surface area contributed by atoms with Crippen molar-refractivity contribution in [1.29, 1.82) is 5.26 Å². The zero-order valence-corrected chi connectivity index (χ0v) is 58.2. The van der Waals surface area contributed by atoms with E-state index in [1.165, 1.54) is 44.5 Å². The quantitative estimate of drug-likeness (QED) is 0.144. The Morgan fingerprint density at radius 1 is 0.242 bits per heavy atom. The van der Waals surface area contributed by atoms with E-state index >= 15 is 0 Å². The maximum atomic E-state index is 13.6. The largest absolute Gasteiger partial charge is 0.308 e. The summed E-state index contributed by atoms with van der Waals surface area (Å²) in [7, 11) is 0. The molecule has 0 bridgehead atoms. The molecule has 0 amide bonds. The first-order chi connectivity index (χ1) is 47.8. The molecule has 3 heterocycles. The van der Waals surface area contributed by atoms with E-state index in [9.17, 15) is 5.26 Å². The van der Waals surface area contributed by atoms with Crippen LogP contribution in [0.1, 0.15) is 126 Å². The minimum Gasteiger partial charge on any atom is -0.308 e. The molecule has 0 radical (unpaired) electrons. The van der Waals surface area contributed by atoms with Gasteiger partial charge in [-0.3, -0.25) is 0 Å². The van der Waals surface area contributed by atoms with Crippen LogP contribution in [0.25, 0.3) is 66.8 Å². The van der Waals surface area contributed by atoms with Gasteiger partial charge in [0.15, 0.2) is 0 Å². The molecule has 0 saturated carbocycles. The molecule has 0 atom stereocenters. The number of nitrogens with zero attached hydrogens (tertiary/aromatic N) is 4. The second kappa shape index (κ2) is 22.7. The van der Waals surface area contributed by atoms with Crippen LogP contribution < -0.4 is 14.7 Å². The summed E-state index contributed by atoms with van der Waals surface area (Å²) in [6.07, 6.45) is 0.822. The second-order valence-corrected chi connectivity index (χ2v) is 30.7. The van der Waals surface area contributed by atoms with Crippen molar-refractivity contribution in [3.63, 3.8) is 0 Å². The Morgan fingerprint density at radius 3 is 0.667 bits per heavy atom. The third-order valence-corrected chi connectivity index (χ3v) is 22.5. The van der Waals surface area contributed by atoms with E-state index in [2.05, 4.69) is 381 Å². The molecule has 13 aromatic carbocycles. The monoisotopic (exact) mass is 1280 g/mol. The lowest BCUT2D eigenvalue weighted by Crippen LogP contribution is -2.36. The lowest BCUT2D eigenvalue weighted by molar-refractivity contribution is 0.403. The van der Waals surface area contributed by atoms with Crippen LogP contribution in [-0.4, -0.2) is 0 Å². The van der Waals surface area contributed by atoms with Gasteiger partial charge in [0.25, 0.3) is 0 Å². The first-order valence-corrected chi connectivity index (χ1v) is 35.1. The highest BCUT2D eigenvalue weighted by Gasteiger charge is 2.54. The van der Waals surface area contributed by atoms with E-state index < -0.39 is 27.1 Å². The Hall–Kier alpha value is -11.3. The Balaban J connectivity index is 1.06. The summed E-state index contributed by atoms with van der Waals surface area (Å²) in [5, 5.41) is 13.6. The Bertz CT molecular complexity index is 5150. The van der Waals surface area contributed by atoms with Gasteiger partial charge < -0.3 is 14.7 Å². The van der Waals surface area contributed by atoms with Crippen LogP contribution >= 0.6 is 0 Å². The highest BCUT2D eigenvalue weighted by molar-refractivity contribution is 6.07. The van der Waals surface area contributed by atoms with Crippen molar-refractivity contribution in [1.82, 2.24) is 0 Å². The van der Waals surface area contributed by atoms with Crippen molar-refractivity contribution < 1.29 is 0 Å². The van der Waals surface area contributed by atoms with Gasteiger partial charge in [-0.05, 0) is 201 Å². The Morgan fingerprint density at radius 2 is 0.444 bits per heavy atom. The number of nitriles is 1. The average Bonchev–Trinajstić information content (AvgIpc) is 1.66. The van der Waals surface area contributed by atoms with Crippen molar-refractivity contribution in [3.8, 4) is 72.8 Å². The topological polar surface area (TPSA) is 33.5 Å². The number of fused-ring (bicyclic) bond motifs is 7. The average molecular weight is 1280 g/mol. The summed E-state index contributed by atoms with van der Waals surface area (Å²) < 4.78 is 0. The SMILES string of the molecule is CC1(C)CC(C)(C)c2c(N3c4ccc(-c5ccccc5)cc4C(C)(C)c4cc(-c5ccccc5)ccc43)c(N3c4ccc(-c5ccccc5)cc4C(C)(C)c4cc(-c5ccccc5)ccc43)c(C#N)c(N3c4ccc(-c5ccccc5)cc4C(C)(C)c4cc(-c5ccccc5)ccc43)c21. The fraction of sp³-hybridized carbons (Fsp3) is 0.168. The molecule has 17 rings (SSSR count). The molecule has 0 unspecified atom stereocenters. The van der Waals surface area contributed by atoms with Gasteiger partial charge in [-0.1, -0.05) is 288 Å². The molecule has 0 saturated heterocycles. The molecule has 1 aliphatic carbocycles. The molecular formula is C95H80N4. The van der Waals surface area contributed by atoms with Gasteiger partial charge in [0.2, 0.25) is 0 Å². The minimum atomic E-state index is -0.524. The first kappa shape index (κ1) is 61.3. The van der Waals surface area contributed by atoms with Crippen LogP contribution in [0.4, 0.5) is 51.2 Å². The van der Waals surface area contributed by atoms with Gasteiger partial charge in [-0.25, -0.2) is 0 Å². The highest BCUT2D eigenvalue weighted by atomic mass is 15.2. The van der Waals surface area contributed by atoms with Gasteiger partial charge >= 0.3 is 0 Å². The zero-order valence-electron chi connectivity index (χ0n) is 58.2. The fourth-order valence-corrected chi connectivity index (χ4v) is 17.9. The number of anilines is 9. The smallest absolute Gasteiger partial charge is 0.104 e. The Kier molecular flexibility index (Phi) is 14.0. The van der Waals surface area contributed by atoms with Crippen molar-refractivity contribution >= 4 is 51.2 Å². The fourth-order valence-electron chi connectivity index (χ4n) is 17.9. The molecule has 0 fully saturated rings. The summed E-state index contributed by atoms with van der Waals surface area (Å²) in [4.78, 5) is 7.75. The molecule has 0 spiro atoms. The zero-order chi connectivity index (χ0) is 67.9. The van der Waals surface area contributed by atoms with Crippen LogP contribution in [-0.2, 0) is 27.1 Å². The van der Waals surface area contributed by atoms with Crippen molar-refractivity contribution in [2.75, 3.05) is 14.7 Å². The summed E-state index contributed by atoms with van der Waals surface area (Å²) in [5.41, 5.74) is 30.8. The predicted octanol–water partition coefficient (Wildman–Crippen LogP) is 25.8. The molecule has 4 heteroatoms. The molecular weight excluding hydrogens is 1200 g/mol. The third-order valence-electron chi connectivity index (χ3n) is 22.5. The number of benzene rings is 13. The van der Waals surface area contributed by atoms with E-state index in [0.717, 1.165) is 124 Å². The van der Waals surface area contributed by atoms with E-state index in [1.807, 2.05) is 0 Å². The predicted molar refractivity (Wildman–Crippen MR) is 415 cm³/mol. The van der Waals surface area contributed by atoms with Gasteiger partial charge in [0.05, 0.1) is 51.2 Å². The first-order valence-electron chi connectivity index (χ1n) is 35.1. The molecule has 0 aromatic heterocycles. The number of hydrogen-bond acceptors (Lipinski definition) is 4. The lowest BCUT2D eigenvalue weighted by Gasteiger charge is -2.49. The summed E-state index contributed by atoms with van der Waals surface area (Å²) >= 11 is 0. The van der Waals surface area contributed by atoms with Gasteiger partial charge in [-0.15, -0.1) is 0 Å². The van der Waals surface area contributed by atoms with E-state index in [0.29, 0.717) is 5.56 Å². The molecule has 480 valence electrons. The maximum Gasteiger partial charge on any atom is 0.104 e. The van der Waals surface area contributed by atoms with Gasteiger partial charge in [0.1, 0.15) is 11.6 Å². The van der Waals surface area contributed by atoms with Gasteiger partial charge in [0, 0.05) is 16.2 Å². The third kappa shape index (κ3) is 9.60. The second-order valence-electron chi connectivity index (χ2n) is 30.7. The molecule has 4 aliphatic rings. The minimum absolute atomic E-state index is 0.474. The van der Waals surface area contributed by atoms with Crippen LogP contribution in [0.3, 0.4) is 0 Å². The highest BCUT2D eigenvalue weighted by Crippen LogP contribution is 2.69. The van der Waals surface area contributed by atoms with E-state index in [4.69, 9.17) is 0 Å². The normalized spacial score (nSPS) is 15.9. The summed E-state index contributed by atoms with van der Waals surface area (Å²) in [6.45, 7) is 24.3. The standard InChI is InChI=1S/C95H80N4/c1-91(2)60-92(3,4)87-86(91)88(97-80-47-41-67(61-29-17-11-18-30-61)53-74(80)93(5,6)75-54-68(42-48-81(75)97)62-31-19-12-20-32-62)73(59-96)89(98-82-49-43-69(63-33-21-13-22-34-63)55-76(82)94(7,8)77-56-70(44-50-83(77)98)64-35-23-14-24-36-64)90(87)99-84-51-45-71(65-37-25-15-26-38-65)57-78(84)95(9,10)79-58-72(46-52-85(79)99)66-39-27-16-28-40-66/h11-58H,60H2,1-10H3.